The molecule has 0 aromatic carbocycles. The van der Waals surface area contributed by atoms with Gasteiger partial charge in [-0.25, -0.2) is 0 Å². The molecular formula is C14H16BrN3OS. The van der Waals surface area contributed by atoms with Crippen molar-refractivity contribution in [2.24, 2.45) is 5.92 Å². The van der Waals surface area contributed by atoms with Gasteiger partial charge in [0.1, 0.15) is 0 Å². The topological polar surface area (TPSA) is 51.0 Å². The standard InChI is InChI=1S/C14H16BrN3OS/c15-9-6-12(20-7-9)14-17-13(19-18-14)5-8-3-10-1-2-11(4-8)16-10/h6-8,10-11,16H,1-5H2. The van der Waals surface area contributed by atoms with Gasteiger partial charge in [-0.1, -0.05) is 5.16 Å². The van der Waals surface area contributed by atoms with E-state index in [0.29, 0.717) is 11.7 Å². The second-order valence-corrected chi connectivity index (χ2v) is 7.65. The van der Waals surface area contributed by atoms with Crippen molar-refractivity contribution >= 4 is 27.3 Å². The number of hydrogen-bond donors (Lipinski definition) is 1. The predicted molar refractivity (Wildman–Crippen MR) is 81.7 cm³/mol. The fourth-order valence-electron chi connectivity index (χ4n) is 3.46. The molecule has 106 valence electrons. The molecule has 20 heavy (non-hydrogen) atoms. The van der Waals surface area contributed by atoms with Crippen molar-refractivity contribution in [2.45, 2.75) is 44.2 Å². The Morgan fingerprint density at radius 1 is 1.35 bits per heavy atom. The van der Waals surface area contributed by atoms with Gasteiger partial charge < -0.3 is 9.84 Å². The number of nitrogens with one attached hydrogen (secondary N) is 1. The molecule has 2 aromatic rings. The van der Waals surface area contributed by atoms with Crippen LogP contribution in [0.4, 0.5) is 0 Å². The molecule has 4 heterocycles. The van der Waals surface area contributed by atoms with Gasteiger partial charge in [-0.2, -0.15) is 4.98 Å². The summed E-state index contributed by atoms with van der Waals surface area (Å²) >= 11 is 5.08. The van der Waals surface area contributed by atoms with Crippen molar-refractivity contribution in [3.63, 3.8) is 0 Å². The summed E-state index contributed by atoms with van der Waals surface area (Å²) in [5.41, 5.74) is 0. The fraction of sp³-hybridized carbons (Fsp3) is 0.571. The number of fused-ring (bicyclic) bond motifs is 2. The summed E-state index contributed by atoms with van der Waals surface area (Å²) in [6.45, 7) is 0. The molecule has 0 radical (unpaired) electrons. The molecule has 0 amide bonds. The first kappa shape index (κ1) is 13.0. The Balaban J connectivity index is 1.46. The van der Waals surface area contributed by atoms with E-state index in [1.54, 1.807) is 11.3 Å². The number of halogens is 1. The van der Waals surface area contributed by atoms with Crippen molar-refractivity contribution in [2.75, 3.05) is 0 Å². The van der Waals surface area contributed by atoms with E-state index in [9.17, 15) is 0 Å². The van der Waals surface area contributed by atoms with E-state index >= 15 is 0 Å². The average molecular weight is 354 g/mol. The third-order valence-electron chi connectivity index (χ3n) is 4.29. The van der Waals surface area contributed by atoms with Gasteiger partial charge >= 0.3 is 0 Å². The first-order valence-electron chi connectivity index (χ1n) is 7.09. The highest BCUT2D eigenvalue weighted by Crippen LogP contribution is 2.33. The Hall–Kier alpha value is -0.720. The minimum absolute atomic E-state index is 0.692. The molecule has 2 fully saturated rings. The molecule has 1 N–H and O–H groups in total. The zero-order chi connectivity index (χ0) is 13.5. The molecule has 4 rings (SSSR count). The first-order chi connectivity index (χ1) is 9.76. The summed E-state index contributed by atoms with van der Waals surface area (Å²) < 4.78 is 6.50. The molecule has 2 aromatic heterocycles. The fourth-order valence-corrected chi connectivity index (χ4v) is 4.81. The largest absolute Gasteiger partial charge is 0.339 e. The van der Waals surface area contributed by atoms with Gasteiger partial charge in [-0.05, 0) is 53.6 Å². The van der Waals surface area contributed by atoms with Crippen molar-refractivity contribution < 1.29 is 4.52 Å². The number of nitrogens with zero attached hydrogens (tertiary/aromatic N) is 2. The van der Waals surface area contributed by atoms with E-state index < -0.39 is 0 Å². The molecule has 2 aliphatic heterocycles. The lowest BCUT2D eigenvalue weighted by Crippen LogP contribution is -2.38. The molecule has 2 aliphatic rings. The first-order valence-corrected chi connectivity index (χ1v) is 8.76. The lowest BCUT2D eigenvalue weighted by atomic mass is 9.90. The molecule has 0 saturated carbocycles. The molecule has 2 unspecified atom stereocenters. The average Bonchev–Trinajstić information content (AvgIpc) is 3.11. The monoisotopic (exact) mass is 353 g/mol. The minimum Gasteiger partial charge on any atom is -0.339 e. The number of thiophene rings is 1. The number of rotatable bonds is 3. The molecule has 0 spiro atoms. The predicted octanol–water partition coefficient (Wildman–Crippen LogP) is 3.63. The Morgan fingerprint density at radius 3 is 2.85 bits per heavy atom. The Bertz CT molecular complexity index is 599. The number of aromatic nitrogens is 2. The van der Waals surface area contributed by atoms with Crippen LogP contribution in [0.3, 0.4) is 0 Å². The lowest BCUT2D eigenvalue weighted by Gasteiger charge is -2.27. The minimum atomic E-state index is 0.692. The van der Waals surface area contributed by atoms with Crippen molar-refractivity contribution in [1.29, 1.82) is 0 Å². The van der Waals surface area contributed by atoms with Crippen LogP contribution in [0.1, 0.15) is 31.6 Å². The molecule has 6 heteroatoms. The second kappa shape index (κ2) is 5.24. The highest BCUT2D eigenvalue weighted by atomic mass is 79.9. The van der Waals surface area contributed by atoms with Crippen LogP contribution in [-0.2, 0) is 6.42 Å². The normalized spacial score (nSPS) is 28.9. The molecule has 2 saturated heterocycles. The van der Waals surface area contributed by atoms with E-state index in [2.05, 4.69) is 31.4 Å². The molecule has 2 atom stereocenters. The SMILES string of the molecule is Brc1csc(-c2noc(CC3CC4CCC(C3)N4)n2)c1. The maximum atomic E-state index is 5.43. The van der Waals surface area contributed by atoms with Gasteiger partial charge in [0, 0.05) is 28.4 Å². The van der Waals surface area contributed by atoms with E-state index in [1.165, 1.54) is 25.7 Å². The van der Waals surface area contributed by atoms with E-state index in [0.717, 1.165) is 33.7 Å². The Labute approximate surface area is 130 Å². The highest BCUT2D eigenvalue weighted by molar-refractivity contribution is 9.10. The van der Waals surface area contributed by atoms with Crippen LogP contribution < -0.4 is 5.32 Å². The summed E-state index contributed by atoms with van der Waals surface area (Å²) in [7, 11) is 0. The molecular weight excluding hydrogens is 338 g/mol. The van der Waals surface area contributed by atoms with Gasteiger partial charge in [0.2, 0.25) is 11.7 Å². The summed E-state index contributed by atoms with van der Waals surface area (Å²) in [6.07, 6.45) is 6.09. The van der Waals surface area contributed by atoms with E-state index in [1.807, 2.05) is 11.4 Å². The molecule has 2 bridgehead atoms. The smallest absolute Gasteiger partial charge is 0.227 e. The summed E-state index contributed by atoms with van der Waals surface area (Å²) in [5.74, 6) is 2.19. The quantitative estimate of drug-likeness (QED) is 0.915. The number of hydrogen-bond acceptors (Lipinski definition) is 5. The van der Waals surface area contributed by atoms with Crippen molar-refractivity contribution in [3.05, 3.63) is 21.8 Å². The summed E-state index contributed by atoms with van der Waals surface area (Å²) in [5, 5.41) is 9.81. The zero-order valence-corrected chi connectivity index (χ0v) is 13.4. The molecule has 0 aliphatic carbocycles. The van der Waals surface area contributed by atoms with Gasteiger partial charge in [0.05, 0.1) is 4.88 Å². The van der Waals surface area contributed by atoms with Crippen LogP contribution in [0.5, 0.6) is 0 Å². The highest BCUT2D eigenvalue weighted by Gasteiger charge is 2.34. The lowest BCUT2D eigenvalue weighted by molar-refractivity contribution is 0.270. The zero-order valence-electron chi connectivity index (χ0n) is 11.0. The number of piperidine rings is 1. The second-order valence-electron chi connectivity index (χ2n) is 5.82. The third kappa shape index (κ3) is 2.56. The summed E-state index contributed by atoms with van der Waals surface area (Å²) in [4.78, 5) is 5.60. The van der Waals surface area contributed by atoms with Gasteiger partial charge in [0.15, 0.2) is 0 Å². The maximum absolute atomic E-state index is 5.43. The molecule has 4 nitrogen and oxygen atoms in total. The summed E-state index contributed by atoms with van der Waals surface area (Å²) in [6, 6.07) is 3.47. The van der Waals surface area contributed by atoms with Crippen LogP contribution in [0.25, 0.3) is 10.7 Å². The van der Waals surface area contributed by atoms with E-state index in [4.69, 9.17) is 4.52 Å². The van der Waals surface area contributed by atoms with Crippen molar-refractivity contribution in [1.82, 2.24) is 15.5 Å². The Kier molecular flexibility index (Phi) is 3.40. The van der Waals surface area contributed by atoms with Gasteiger partial charge in [-0.15, -0.1) is 11.3 Å². The van der Waals surface area contributed by atoms with Gasteiger partial charge in [-0.3, -0.25) is 0 Å². The third-order valence-corrected chi connectivity index (χ3v) is 5.98. The van der Waals surface area contributed by atoms with Crippen LogP contribution in [0.2, 0.25) is 0 Å². The van der Waals surface area contributed by atoms with Crippen LogP contribution in [0.15, 0.2) is 20.4 Å². The van der Waals surface area contributed by atoms with Gasteiger partial charge in [0.25, 0.3) is 0 Å². The van der Waals surface area contributed by atoms with Crippen LogP contribution in [0, 0.1) is 5.92 Å². The Morgan fingerprint density at radius 2 is 2.15 bits per heavy atom. The van der Waals surface area contributed by atoms with Crippen LogP contribution in [-0.4, -0.2) is 22.2 Å². The van der Waals surface area contributed by atoms with Crippen molar-refractivity contribution in [3.8, 4) is 10.7 Å². The van der Waals surface area contributed by atoms with E-state index in [-0.39, 0.29) is 0 Å². The van der Waals surface area contributed by atoms with Crippen LogP contribution >= 0.6 is 27.3 Å². The maximum Gasteiger partial charge on any atom is 0.227 e.